The van der Waals surface area contributed by atoms with Gasteiger partial charge < -0.3 is 24.2 Å². The van der Waals surface area contributed by atoms with E-state index in [0.717, 1.165) is 18.7 Å². The van der Waals surface area contributed by atoms with Gasteiger partial charge >= 0.3 is 0 Å². The third kappa shape index (κ3) is 5.30. The molecule has 1 N–H and O–H groups in total. The number of likely N-dealkylation sites (N-methyl/N-ethyl adjacent to an activating group) is 1. The number of carbonyl (C=O) groups excluding carboxylic acids is 2. The molecule has 0 radical (unpaired) electrons. The van der Waals surface area contributed by atoms with Gasteiger partial charge in [-0.1, -0.05) is 24.3 Å². The minimum atomic E-state index is 0.0616. The highest BCUT2D eigenvalue weighted by Crippen LogP contribution is 2.27. The summed E-state index contributed by atoms with van der Waals surface area (Å²) < 4.78 is 10.6. The second-order valence-corrected chi connectivity index (χ2v) is 7.52. The Morgan fingerprint density at radius 1 is 1.00 bits per heavy atom. The summed E-state index contributed by atoms with van der Waals surface area (Å²) in [4.78, 5) is 30.1. The largest absolute Gasteiger partial charge is 0.493 e. The summed E-state index contributed by atoms with van der Waals surface area (Å²) in [5, 5.41) is 0. The predicted molar refractivity (Wildman–Crippen MR) is 114 cm³/mol. The van der Waals surface area contributed by atoms with Crippen LogP contribution in [-0.4, -0.2) is 75.6 Å². The third-order valence-electron chi connectivity index (χ3n) is 5.47. The number of nitrogens with one attached hydrogen (secondary N) is 1. The number of hydrogen-bond donors (Lipinski definition) is 1. The van der Waals surface area contributed by atoms with E-state index < -0.39 is 0 Å². The molecule has 2 aromatic carbocycles. The van der Waals surface area contributed by atoms with Crippen LogP contribution in [0.3, 0.4) is 0 Å². The molecule has 1 aliphatic rings. The molecule has 0 bridgehead atoms. The second-order valence-electron chi connectivity index (χ2n) is 7.52. The highest BCUT2D eigenvalue weighted by Gasteiger charge is 2.26. The molecule has 3 rings (SSSR count). The van der Waals surface area contributed by atoms with Crippen molar-refractivity contribution in [2.45, 2.75) is 6.54 Å². The van der Waals surface area contributed by atoms with Gasteiger partial charge in [0.2, 0.25) is 0 Å². The minimum absolute atomic E-state index is 0.0616. The van der Waals surface area contributed by atoms with E-state index in [-0.39, 0.29) is 11.8 Å². The summed E-state index contributed by atoms with van der Waals surface area (Å²) in [6, 6.07) is 15.0. The van der Waals surface area contributed by atoms with Crippen molar-refractivity contribution < 1.29 is 24.0 Å². The molecule has 0 spiro atoms. The predicted octanol–water partition coefficient (Wildman–Crippen LogP) is 0.703. The van der Waals surface area contributed by atoms with E-state index in [2.05, 4.69) is 0 Å². The first-order valence-corrected chi connectivity index (χ1v) is 10.1. The quantitative estimate of drug-likeness (QED) is 0.727. The van der Waals surface area contributed by atoms with E-state index in [1.807, 2.05) is 60.5 Å². The Hall–Kier alpha value is -3.06. The lowest BCUT2D eigenvalue weighted by molar-refractivity contribution is -0.896. The number of ether oxygens (including phenoxy) is 2. The maximum absolute atomic E-state index is 12.7. The molecule has 0 saturated carbocycles. The van der Waals surface area contributed by atoms with E-state index in [1.165, 1.54) is 4.90 Å². The molecular weight excluding hydrogens is 382 g/mol. The van der Waals surface area contributed by atoms with Crippen molar-refractivity contribution in [3.8, 4) is 11.5 Å². The molecule has 7 nitrogen and oxygen atoms in total. The average molecular weight is 413 g/mol. The molecule has 0 unspecified atom stereocenters. The zero-order chi connectivity index (χ0) is 21.5. The third-order valence-corrected chi connectivity index (χ3v) is 5.47. The van der Waals surface area contributed by atoms with Crippen LogP contribution in [0.4, 0.5) is 0 Å². The van der Waals surface area contributed by atoms with Gasteiger partial charge in [0.15, 0.2) is 18.0 Å². The van der Waals surface area contributed by atoms with Gasteiger partial charge in [-0.2, -0.15) is 0 Å². The topological polar surface area (TPSA) is 63.5 Å². The lowest BCUT2D eigenvalue weighted by Crippen LogP contribution is -3.15. The van der Waals surface area contributed by atoms with Gasteiger partial charge in [-0.15, -0.1) is 0 Å². The molecular formula is C23H30N3O4+. The molecule has 2 amide bonds. The van der Waals surface area contributed by atoms with Crippen molar-refractivity contribution in [1.82, 2.24) is 9.80 Å². The number of quaternary nitrogens is 1. The lowest BCUT2D eigenvalue weighted by atomic mass is 10.1. The summed E-state index contributed by atoms with van der Waals surface area (Å²) in [7, 11) is 5.01. The number of piperazine rings is 1. The van der Waals surface area contributed by atoms with Crippen molar-refractivity contribution in [1.29, 1.82) is 0 Å². The molecule has 0 aromatic heterocycles. The summed E-state index contributed by atoms with van der Waals surface area (Å²) >= 11 is 0. The molecule has 0 aliphatic carbocycles. The van der Waals surface area contributed by atoms with Gasteiger partial charge in [0.05, 0.1) is 40.4 Å². The van der Waals surface area contributed by atoms with Gasteiger partial charge in [-0.3, -0.25) is 9.59 Å². The molecule has 1 aliphatic heterocycles. The van der Waals surface area contributed by atoms with Crippen LogP contribution in [0, 0.1) is 0 Å². The normalized spacial score (nSPS) is 14.3. The molecule has 7 heteroatoms. The summed E-state index contributed by atoms with van der Waals surface area (Å²) in [5.41, 5.74) is 1.70. The highest BCUT2D eigenvalue weighted by atomic mass is 16.5. The fourth-order valence-electron chi connectivity index (χ4n) is 3.66. The van der Waals surface area contributed by atoms with Crippen LogP contribution >= 0.6 is 0 Å². The summed E-state index contributed by atoms with van der Waals surface area (Å²) in [6.45, 7) is 3.80. The van der Waals surface area contributed by atoms with Gasteiger partial charge in [0.25, 0.3) is 11.8 Å². The van der Waals surface area contributed by atoms with Crippen LogP contribution in [0.5, 0.6) is 11.5 Å². The van der Waals surface area contributed by atoms with E-state index in [4.69, 9.17) is 9.47 Å². The van der Waals surface area contributed by atoms with Crippen molar-refractivity contribution in [2.24, 2.45) is 0 Å². The number of hydrogen-bond acceptors (Lipinski definition) is 4. The van der Waals surface area contributed by atoms with Crippen LogP contribution in [0.15, 0.2) is 48.5 Å². The van der Waals surface area contributed by atoms with Crippen LogP contribution in [-0.2, 0) is 11.3 Å². The SMILES string of the molecule is COc1ccc(CN(C)C(=O)C[NH+]2CCN(C(=O)c3ccccc3)CC2)cc1OC. The van der Waals surface area contributed by atoms with Crippen LogP contribution in [0.25, 0.3) is 0 Å². The maximum Gasteiger partial charge on any atom is 0.277 e. The molecule has 1 saturated heterocycles. The van der Waals surface area contributed by atoms with Crippen molar-refractivity contribution in [2.75, 3.05) is 54.0 Å². The lowest BCUT2D eigenvalue weighted by Gasteiger charge is -2.32. The molecule has 0 atom stereocenters. The number of rotatable bonds is 7. The van der Waals surface area contributed by atoms with E-state index in [1.54, 1.807) is 19.1 Å². The highest BCUT2D eigenvalue weighted by molar-refractivity contribution is 5.94. The van der Waals surface area contributed by atoms with Gasteiger partial charge in [-0.25, -0.2) is 0 Å². The maximum atomic E-state index is 12.7. The van der Waals surface area contributed by atoms with Crippen molar-refractivity contribution in [3.05, 3.63) is 59.7 Å². The van der Waals surface area contributed by atoms with E-state index in [0.29, 0.717) is 43.2 Å². The van der Waals surface area contributed by atoms with E-state index in [9.17, 15) is 9.59 Å². The smallest absolute Gasteiger partial charge is 0.277 e. The van der Waals surface area contributed by atoms with Crippen molar-refractivity contribution in [3.63, 3.8) is 0 Å². The monoisotopic (exact) mass is 412 g/mol. The first kappa shape index (κ1) is 21.6. The van der Waals surface area contributed by atoms with Gasteiger partial charge in [0.1, 0.15) is 0 Å². The zero-order valence-corrected chi connectivity index (χ0v) is 17.9. The zero-order valence-electron chi connectivity index (χ0n) is 17.9. The van der Waals surface area contributed by atoms with Crippen LogP contribution < -0.4 is 14.4 Å². The average Bonchev–Trinajstić information content (AvgIpc) is 2.79. The Labute approximate surface area is 177 Å². The standard InChI is InChI=1S/C23H29N3O4/c1-24(16-18-9-10-20(29-2)21(15-18)30-3)22(27)17-25-11-13-26(14-12-25)23(28)19-7-5-4-6-8-19/h4-10,15H,11-14,16-17H2,1-3H3/p+1. The Morgan fingerprint density at radius 2 is 1.67 bits per heavy atom. The van der Waals surface area contributed by atoms with Gasteiger partial charge in [0, 0.05) is 19.2 Å². The molecule has 30 heavy (non-hydrogen) atoms. The van der Waals surface area contributed by atoms with Crippen molar-refractivity contribution >= 4 is 11.8 Å². The fraction of sp³-hybridized carbons (Fsp3) is 0.391. The van der Waals surface area contributed by atoms with Gasteiger partial charge in [-0.05, 0) is 29.8 Å². The first-order valence-electron chi connectivity index (χ1n) is 10.1. The second kappa shape index (κ2) is 10.1. The minimum Gasteiger partial charge on any atom is -0.493 e. The fourth-order valence-corrected chi connectivity index (χ4v) is 3.66. The number of benzene rings is 2. The van der Waals surface area contributed by atoms with Crippen LogP contribution in [0.1, 0.15) is 15.9 Å². The van der Waals surface area contributed by atoms with E-state index >= 15 is 0 Å². The molecule has 160 valence electrons. The molecule has 1 fully saturated rings. The Balaban J connectivity index is 1.49. The Kier molecular flexibility index (Phi) is 7.30. The Morgan fingerprint density at radius 3 is 2.30 bits per heavy atom. The first-order chi connectivity index (χ1) is 14.5. The molecule has 2 aromatic rings. The number of methoxy groups -OCH3 is 2. The summed E-state index contributed by atoms with van der Waals surface area (Å²) in [5.74, 6) is 1.47. The van der Waals surface area contributed by atoms with Crippen LogP contribution in [0.2, 0.25) is 0 Å². The number of amides is 2. The number of nitrogens with zero attached hydrogens (tertiary/aromatic N) is 2. The Bertz CT molecular complexity index is 864. The molecule has 1 heterocycles. The summed E-state index contributed by atoms with van der Waals surface area (Å²) in [6.07, 6.45) is 0. The number of carbonyl (C=O) groups is 2.